The van der Waals surface area contributed by atoms with Crippen LogP contribution in [0.2, 0.25) is 0 Å². The highest BCUT2D eigenvalue weighted by Crippen LogP contribution is 2.21. The Morgan fingerprint density at radius 3 is 2.68 bits per heavy atom. The molecule has 1 rings (SSSR count). The Bertz CT molecular complexity index is 629. The number of benzene rings is 1. The molecule has 0 heterocycles. The minimum Gasteiger partial charge on any atom is -0.434 e. The fourth-order valence-electron chi connectivity index (χ4n) is 1.59. The van der Waals surface area contributed by atoms with E-state index in [1.807, 2.05) is 0 Å². The number of sulfone groups is 1. The normalized spacial score (nSPS) is 11.8. The van der Waals surface area contributed by atoms with Gasteiger partial charge in [0.05, 0.1) is 5.75 Å². The highest BCUT2D eigenvalue weighted by molar-refractivity contribution is 7.90. The van der Waals surface area contributed by atoms with E-state index in [0.29, 0.717) is 12.0 Å². The van der Waals surface area contributed by atoms with Crippen LogP contribution in [0.3, 0.4) is 0 Å². The molecule has 1 amide bonds. The molecule has 1 aromatic carbocycles. The molecule has 0 aromatic heterocycles. The molecule has 0 aliphatic rings. The molecule has 1 N–H and O–H groups in total. The van der Waals surface area contributed by atoms with Crippen molar-refractivity contribution < 1.29 is 26.7 Å². The maximum Gasteiger partial charge on any atom is 0.387 e. The Morgan fingerprint density at radius 1 is 1.36 bits per heavy atom. The summed E-state index contributed by atoms with van der Waals surface area (Å²) in [6.07, 6.45) is 3.95. The zero-order chi connectivity index (χ0) is 16.6. The van der Waals surface area contributed by atoms with Crippen molar-refractivity contribution in [3.05, 3.63) is 35.9 Å². The fraction of sp³-hybridized carbons (Fsp3) is 0.357. The summed E-state index contributed by atoms with van der Waals surface area (Å²) in [5.74, 6) is -0.485. The van der Waals surface area contributed by atoms with Gasteiger partial charge in [-0.3, -0.25) is 4.79 Å². The highest BCUT2D eigenvalue weighted by Gasteiger charge is 2.07. The molecule has 8 heteroatoms. The molecule has 0 radical (unpaired) electrons. The van der Waals surface area contributed by atoms with Crippen molar-refractivity contribution in [1.82, 2.24) is 5.32 Å². The third-order valence-electron chi connectivity index (χ3n) is 2.54. The summed E-state index contributed by atoms with van der Waals surface area (Å²) >= 11 is 0. The third kappa shape index (κ3) is 7.72. The molecule has 5 nitrogen and oxygen atoms in total. The largest absolute Gasteiger partial charge is 0.434 e. The van der Waals surface area contributed by atoms with E-state index in [2.05, 4.69) is 10.1 Å². The van der Waals surface area contributed by atoms with Crippen LogP contribution in [0.4, 0.5) is 8.78 Å². The topological polar surface area (TPSA) is 72.5 Å². The summed E-state index contributed by atoms with van der Waals surface area (Å²) < 4.78 is 50.6. The Morgan fingerprint density at radius 2 is 2.05 bits per heavy atom. The summed E-state index contributed by atoms with van der Waals surface area (Å²) in [6.45, 7) is -2.73. The number of halogens is 2. The summed E-state index contributed by atoms with van der Waals surface area (Å²) in [6, 6.07) is 6.07. The van der Waals surface area contributed by atoms with Crippen molar-refractivity contribution in [3.63, 3.8) is 0 Å². The van der Waals surface area contributed by atoms with Crippen LogP contribution < -0.4 is 10.1 Å². The van der Waals surface area contributed by atoms with Crippen LogP contribution in [0.5, 0.6) is 5.75 Å². The van der Waals surface area contributed by atoms with Gasteiger partial charge in [0.25, 0.3) is 0 Å². The number of hydrogen-bond acceptors (Lipinski definition) is 4. The quantitative estimate of drug-likeness (QED) is 0.582. The fourth-order valence-corrected chi connectivity index (χ4v) is 2.26. The molecule has 1 aromatic rings. The number of nitrogens with one attached hydrogen (secondary N) is 1. The molecule has 0 spiro atoms. The Balaban J connectivity index is 2.52. The van der Waals surface area contributed by atoms with Crippen LogP contribution in [-0.2, 0) is 14.6 Å². The average Bonchev–Trinajstić information content (AvgIpc) is 2.41. The molecular weight excluding hydrogens is 316 g/mol. The number of carbonyl (C=O) groups is 1. The maximum absolute atomic E-state index is 12.2. The van der Waals surface area contributed by atoms with Gasteiger partial charge >= 0.3 is 6.61 Å². The standard InChI is InChI=1S/C14H17F2NO4S/c1-22(19,20)10-4-9-17-13(18)8-7-11-5-2-3-6-12(11)21-14(15)16/h2-3,5-8,14H,4,9-10H2,1H3,(H,17,18)/b8-7-. The molecule has 122 valence electrons. The van der Waals surface area contributed by atoms with Crippen molar-refractivity contribution >= 4 is 21.8 Å². The van der Waals surface area contributed by atoms with Gasteiger partial charge in [-0.05, 0) is 18.6 Å². The van der Waals surface area contributed by atoms with Gasteiger partial charge < -0.3 is 10.1 Å². The number of amides is 1. The molecular formula is C14H17F2NO4S. The van der Waals surface area contributed by atoms with Crippen molar-refractivity contribution in [2.24, 2.45) is 0 Å². The van der Waals surface area contributed by atoms with Crippen LogP contribution in [0, 0.1) is 0 Å². The van der Waals surface area contributed by atoms with Gasteiger partial charge in [0.2, 0.25) is 5.91 Å². The van der Waals surface area contributed by atoms with E-state index in [4.69, 9.17) is 0 Å². The summed E-state index contributed by atoms with van der Waals surface area (Å²) in [7, 11) is -3.05. The first-order valence-corrected chi connectivity index (χ1v) is 8.51. The second-order valence-electron chi connectivity index (χ2n) is 4.52. The van der Waals surface area contributed by atoms with Crippen LogP contribution in [0.25, 0.3) is 6.08 Å². The lowest BCUT2D eigenvalue weighted by molar-refractivity contribution is -0.116. The second kappa shape index (κ2) is 8.47. The summed E-state index contributed by atoms with van der Waals surface area (Å²) in [5, 5.41) is 2.51. The summed E-state index contributed by atoms with van der Waals surface area (Å²) in [4.78, 5) is 11.5. The van der Waals surface area contributed by atoms with Crippen LogP contribution in [0.15, 0.2) is 30.3 Å². The number of alkyl halides is 2. The Labute approximate surface area is 127 Å². The van der Waals surface area contributed by atoms with Gasteiger partial charge in [0, 0.05) is 24.4 Å². The van der Waals surface area contributed by atoms with Gasteiger partial charge in [0.15, 0.2) is 0 Å². The van der Waals surface area contributed by atoms with E-state index in [0.717, 1.165) is 6.26 Å². The number of carbonyl (C=O) groups excluding carboxylic acids is 1. The minimum atomic E-state index is -3.05. The second-order valence-corrected chi connectivity index (χ2v) is 6.78. The third-order valence-corrected chi connectivity index (χ3v) is 3.57. The first kappa shape index (κ1) is 18.1. The number of ether oxygens (including phenoxy) is 1. The minimum absolute atomic E-state index is 0.0118. The lowest BCUT2D eigenvalue weighted by Crippen LogP contribution is -2.23. The van der Waals surface area contributed by atoms with E-state index in [9.17, 15) is 22.0 Å². The molecule has 0 saturated heterocycles. The first-order chi connectivity index (χ1) is 10.3. The Hall–Kier alpha value is -1.96. The van der Waals surface area contributed by atoms with Gasteiger partial charge in [-0.1, -0.05) is 18.2 Å². The lowest BCUT2D eigenvalue weighted by Gasteiger charge is -2.07. The van der Waals surface area contributed by atoms with Crippen LogP contribution >= 0.6 is 0 Å². The van der Waals surface area contributed by atoms with Gasteiger partial charge in [-0.2, -0.15) is 8.78 Å². The number of hydrogen-bond donors (Lipinski definition) is 1. The van der Waals surface area contributed by atoms with Gasteiger partial charge in [-0.25, -0.2) is 8.42 Å². The highest BCUT2D eigenvalue weighted by atomic mass is 32.2. The molecule has 0 atom stereocenters. The van der Waals surface area contributed by atoms with E-state index in [1.54, 1.807) is 12.1 Å². The van der Waals surface area contributed by atoms with Crippen LogP contribution in [-0.4, -0.2) is 39.5 Å². The lowest BCUT2D eigenvalue weighted by atomic mass is 10.2. The van der Waals surface area contributed by atoms with Crippen molar-refractivity contribution in [1.29, 1.82) is 0 Å². The van der Waals surface area contributed by atoms with E-state index in [-0.39, 0.29) is 18.0 Å². The predicted octanol–water partition coefficient (Wildman–Crippen LogP) is 1.85. The SMILES string of the molecule is CS(=O)(=O)CCCNC(=O)/C=C\c1ccccc1OC(F)F. The molecule has 0 aliphatic heterocycles. The molecule has 22 heavy (non-hydrogen) atoms. The molecule has 0 unspecified atom stereocenters. The smallest absolute Gasteiger partial charge is 0.387 e. The van der Waals surface area contributed by atoms with Gasteiger partial charge in [-0.15, -0.1) is 0 Å². The molecule has 0 fully saturated rings. The van der Waals surface area contributed by atoms with Crippen molar-refractivity contribution in [2.45, 2.75) is 13.0 Å². The van der Waals surface area contributed by atoms with E-state index < -0.39 is 22.4 Å². The van der Waals surface area contributed by atoms with Crippen molar-refractivity contribution in [2.75, 3.05) is 18.6 Å². The van der Waals surface area contributed by atoms with E-state index in [1.165, 1.54) is 24.3 Å². The summed E-state index contributed by atoms with van der Waals surface area (Å²) in [5.41, 5.74) is 0.342. The molecule has 0 saturated carbocycles. The van der Waals surface area contributed by atoms with E-state index >= 15 is 0 Å². The number of para-hydroxylation sites is 1. The predicted molar refractivity (Wildman–Crippen MR) is 79.4 cm³/mol. The Kier molecular flexibility index (Phi) is 6.97. The number of rotatable bonds is 8. The van der Waals surface area contributed by atoms with Crippen molar-refractivity contribution in [3.8, 4) is 5.75 Å². The van der Waals surface area contributed by atoms with Crippen LogP contribution in [0.1, 0.15) is 12.0 Å². The maximum atomic E-state index is 12.2. The first-order valence-electron chi connectivity index (χ1n) is 6.45. The molecule has 0 bridgehead atoms. The molecule has 0 aliphatic carbocycles. The average molecular weight is 333 g/mol. The monoisotopic (exact) mass is 333 g/mol. The van der Waals surface area contributed by atoms with Gasteiger partial charge in [0.1, 0.15) is 15.6 Å². The zero-order valence-corrected chi connectivity index (χ0v) is 12.8. The zero-order valence-electron chi connectivity index (χ0n) is 12.0.